The lowest BCUT2D eigenvalue weighted by atomic mass is 15.8. The van der Waals surface area contributed by atoms with Gasteiger partial charge in [0.05, 0.1) is 0 Å². The lowest BCUT2D eigenvalue weighted by Crippen LogP contribution is -1.93. The Hall–Kier alpha value is 0.110. The lowest BCUT2D eigenvalue weighted by molar-refractivity contribution is -0.219. The van der Waals surface area contributed by atoms with Crippen LogP contribution in [0.3, 0.4) is 0 Å². The van der Waals surface area contributed by atoms with E-state index in [-0.39, 0.29) is 0 Å². The van der Waals surface area contributed by atoms with Gasteiger partial charge in [-0.25, -0.2) is 0 Å². The number of hydrogen-bond donors (Lipinski definition) is 1. The summed E-state index contributed by atoms with van der Waals surface area (Å²) < 4.78 is 8.66. The second-order valence-electron chi connectivity index (χ2n) is 0.469. The van der Waals surface area contributed by atoms with Crippen molar-refractivity contribution in [3.05, 3.63) is 0 Å². The van der Waals surface area contributed by atoms with Crippen molar-refractivity contribution in [3.63, 3.8) is 0 Å². The molecule has 0 saturated carbocycles. The second-order valence-corrected chi connectivity index (χ2v) is 1.41. The molecule has 0 bridgehead atoms. The van der Waals surface area contributed by atoms with Crippen LogP contribution < -0.4 is 4.89 Å². The molecule has 0 saturated heterocycles. The monoisotopic (exact) mass is 96.0 g/mol. The zero-order valence-electron chi connectivity index (χ0n) is 2.12. The van der Waals surface area contributed by atoms with Crippen molar-refractivity contribution in [1.82, 2.24) is 0 Å². The Morgan fingerprint density at radius 1 is 1.80 bits per heavy atom. The molecule has 0 amide bonds. The van der Waals surface area contributed by atoms with Crippen LogP contribution >= 0.6 is 7.82 Å². The van der Waals surface area contributed by atoms with Crippen LogP contribution in [-0.2, 0) is 9.46 Å². The molecule has 5 heavy (non-hydrogen) atoms. The maximum atomic E-state index is 8.66. The van der Waals surface area contributed by atoms with Crippen LogP contribution in [0.1, 0.15) is 0 Å². The molecule has 0 aliphatic rings. The van der Waals surface area contributed by atoms with Gasteiger partial charge in [0.25, 0.3) is 7.82 Å². The van der Waals surface area contributed by atoms with Crippen LogP contribution in [0, 0.1) is 0 Å². The first-order valence-electron chi connectivity index (χ1n) is 0.748. The number of hydrogen-bond acceptors (Lipinski definition) is 2. The van der Waals surface area contributed by atoms with Gasteiger partial charge in [0.2, 0.25) is 0 Å². The molecule has 0 aromatic heterocycles. The van der Waals surface area contributed by atoms with Crippen molar-refractivity contribution in [2.75, 3.05) is 0 Å². The molecular weight excluding hydrogens is 95.0 g/mol. The zero-order valence-corrected chi connectivity index (χ0v) is 3.01. The highest BCUT2D eigenvalue weighted by atomic mass is 31.2. The van der Waals surface area contributed by atoms with Crippen LogP contribution in [0.25, 0.3) is 0 Å². The highest BCUT2D eigenvalue weighted by Crippen LogP contribution is 2.20. The minimum absolute atomic E-state index is 5.14. The van der Waals surface area contributed by atoms with Crippen molar-refractivity contribution >= 4 is 7.82 Å². The van der Waals surface area contributed by atoms with Crippen molar-refractivity contribution < 1.29 is 19.2 Å². The van der Waals surface area contributed by atoms with E-state index >= 15 is 0 Å². The van der Waals surface area contributed by atoms with E-state index in [1.807, 2.05) is 0 Å². The third-order valence-corrected chi connectivity index (χ3v) is 0. The molecule has 31 valence electrons. The average Bonchev–Trinajstić information content (AvgIpc) is 0.722. The van der Waals surface area contributed by atoms with E-state index in [0.717, 1.165) is 0 Å². The normalized spacial score (nSPS) is 11.8. The molecule has 0 aliphatic carbocycles. The van der Waals surface area contributed by atoms with Gasteiger partial charge in [-0.15, -0.1) is 0 Å². The Bertz CT molecular complexity index is 49.8. The fraction of sp³-hybridized carbons (Fsp3) is 0. The van der Waals surface area contributed by atoms with Crippen molar-refractivity contribution in [2.24, 2.45) is 0 Å². The van der Waals surface area contributed by atoms with Crippen LogP contribution in [-0.4, -0.2) is 4.89 Å². The molecule has 0 atom stereocenters. The summed E-state index contributed by atoms with van der Waals surface area (Å²) in [6, 6.07) is 0. The van der Waals surface area contributed by atoms with Crippen LogP contribution in [0.5, 0.6) is 0 Å². The first-order valence-corrected chi connectivity index (χ1v) is 2.24. The van der Waals surface area contributed by atoms with Crippen molar-refractivity contribution in [1.29, 1.82) is 0 Å². The minimum atomic E-state index is -5.14. The summed E-state index contributed by atoms with van der Waals surface area (Å²) in [7, 11) is -5.14. The SMILES string of the molecule is [O]P(=O)([O-])O. The first kappa shape index (κ1) is 5.11. The van der Waals surface area contributed by atoms with Gasteiger partial charge < -0.3 is 9.79 Å². The average molecular weight is 96.0 g/mol. The molecule has 0 fully saturated rings. The lowest BCUT2D eigenvalue weighted by Gasteiger charge is -1.97. The number of rotatable bonds is 0. The molecule has 0 unspecified atom stereocenters. The summed E-state index contributed by atoms with van der Waals surface area (Å²) >= 11 is 0. The summed E-state index contributed by atoms with van der Waals surface area (Å²) in [6.07, 6.45) is 0. The van der Waals surface area contributed by atoms with Gasteiger partial charge in [0.1, 0.15) is 0 Å². The summed E-state index contributed by atoms with van der Waals surface area (Å²) in [5.74, 6) is 0. The zero-order chi connectivity index (χ0) is 4.50. The molecule has 1 N–H and O–H groups in total. The topological polar surface area (TPSA) is 80.3 Å². The Morgan fingerprint density at radius 2 is 1.80 bits per heavy atom. The molecule has 0 rings (SSSR count). The second kappa shape index (κ2) is 1.06. The highest BCUT2D eigenvalue weighted by molar-refractivity contribution is 7.43. The molecular formula is HO4P-. The largest absolute Gasteiger partial charge is 0.755 e. The third kappa shape index (κ3) is 1510. The summed E-state index contributed by atoms with van der Waals surface area (Å²) in [5, 5.41) is 0. The van der Waals surface area contributed by atoms with Gasteiger partial charge in [-0.2, -0.15) is 4.89 Å². The smallest absolute Gasteiger partial charge is 0.296 e. The fourth-order valence-corrected chi connectivity index (χ4v) is 0. The van der Waals surface area contributed by atoms with Gasteiger partial charge in [-0.3, -0.25) is 4.57 Å². The molecule has 0 heterocycles. The first-order chi connectivity index (χ1) is 2.00. The van der Waals surface area contributed by atoms with Crippen LogP contribution in [0.15, 0.2) is 0 Å². The Morgan fingerprint density at radius 3 is 1.80 bits per heavy atom. The molecule has 1 radical (unpaired) electrons. The molecule has 0 aliphatic heterocycles. The standard InChI is InChI=1S/H2O4P/c1-5(2,3)4/h(H2,1,2,3)/p-1. The van der Waals surface area contributed by atoms with E-state index < -0.39 is 7.82 Å². The van der Waals surface area contributed by atoms with Gasteiger partial charge >= 0.3 is 0 Å². The van der Waals surface area contributed by atoms with E-state index in [0.29, 0.717) is 0 Å². The van der Waals surface area contributed by atoms with E-state index in [2.05, 4.69) is 0 Å². The molecule has 0 spiro atoms. The Kier molecular flexibility index (Phi) is 1.09. The quantitative estimate of drug-likeness (QED) is 0.387. The minimum Gasteiger partial charge on any atom is -0.755 e. The van der Waals surface area contributed by atoms with Crippen molar-refractivity contribution in [3.8, 4) is 0 Å². The maximum Gasteiger partial charge on any atom is 0.296 e. The predicted octanol–water partition coefficient (Wildman–Crippen LogP) is -1.12. The van der Waals surface area contributed by atoms with Crippen LogP contribution in [0.4, 0.5) is 0 Å². The van der Waals surface area contributed by atoms with Gasteiger partial charge in [0, 0.05) is 0 Å². The summed E-state index contributed by atoms with van der Waals surface area (Å²) in [6.45, 7) is 0. The van der Waals surface area contributed by atoms with Gasteiger partial charge in [-0.1, -0.05) is 0 Å². The Labute approximate surface area is 28.3 Å². The predicted molar refractivity (Wildman–Crippen MR) is 10.5 cm³/mol. The van der Waals surface area contributed by atoms with Crippen LogP contribution in [0.2, 0.25) is 0 Å². The van der Waals surface area contributed by atoms with Gasteiger partial charge in [0.15, 0.2) is 0 Å². The molecule has 5 heteroatoms. The summed E-state index contributed by atoms with van der Waals surface area (Å²) in [4.78, 5) is 24.3. The van der Waals surface area contributed by atoms with E-state index in [9.17, 15) is 0 Å². The van der Waals surface area contributed by atoms with E-state index in [1.165, 1.54) is 0 Å². The fourth-order valence-electron chi connectivity index (χ4n) is 0. The molecule has 0 aromatic carbocycles. The molecule has 4 nitrogen and oxygen atoms in total. The van der Waals surface area contributed by atoms with E-state index in [1.54, 1.807) is 0 Å². The summed E-state index contributed by atoms with van der Waals surface area (Å²) in [5.41, 5.74) is 0. The highest BCUT2D eigenvalue weighted by Gasteiger charge is 1.86. The Balaban J connectivity index is 3.47. The molecule has 0 aromatic rings. The maximum absolute atomic E-state index is 8.66. The third-order valence-electron chi connectivity index (χ3n) is 0. The van der Waals surface area contributed by atoms with Gasteiger partial charge in [-0.05, 0) is 0 Å². The van der Waals surface area contributed by atoms with E-state index in [4.69, 9.17) is 19.2 Å². The van der Waals surface area contributed by atoms with Crippen molar-refractivity contribution in [2.45, 2.75) is 0 Å².